The Kier molecular flexibility index (Phi) is 4.92. The molecule has 0 saturated heterocycles. The summed E-state index contributed by atoms with van der Waals surface area (Å²) in [5, 5.41) is 15.5. The number of carbonyl (C=O) groups excluding carboxylic acids is 1. The molecule has 2 aromatic carbocycles. The van der Waals surface area contributed by atoms with Crippen molar-refractivity contribution in [2.45, 2.75) is 19.5 Å². The Hall–Kier alpha value is -3.81. The molecule has 0 aliphatic carbocycles. The van der Waals surface area contributed by atoms with Gasteiger partial charge in [-0.25, -0.2) is 4.68 Å². The first-order valence-electron chi connectivity index (χ1n) is 8.88. The minimum Gasteiger partial charge on any atom is -0.326 e. The maximum absolute atomic E-state index is 12.5. The van der Waals surface area contributed by atoms with Gasteiger partial charge in [-0.3, -0.25) is 14.3 Å². The van der Waals surface area contributed by atoms with Gasteiger partial charge in [-0.05, 0) is 29.8 Å². The van der Waals surface area contributed by atoms with Crippen LogP contribution in [0.15, 0.2) is 71.8 Å². The minimum absolute atomic E-state index is 0.114. The molecule has 0 aliphatic rings. The lowest BCUT2D eigenvalue weighted by Crippen LogP contribution is -2.26. The topological polar surface area (TPSA) is 94.7 Å². The number of nitrogens with one attached hydrogen (secondary N) is 1. The van der Waals surface area contributed by atoms with Crippen LogP contribution in [0.25, 0.3) is 10.9 Å². The molecule has 0 radical (unpaired) electrons. The lowest BCUT2D eigenvalue weighted by atomic mass is 10.1. The second kappa shape index (κ2) is 7.83. The predicted octanol–water partition coefficient (Wildman–Crippen LogP) is 2.07. The van der Waals surface area contributed by atoms with Gasteiger partial charge in [0.15, 0.2) is 0 Å². The standard InChI is InChI=1S/C20H18N6O2/c27-19(10-13-26-20(28)16-7-2-4-9-18(16)23-24-26)22-17-8-3-1-6-15(17)14-25-12-5-11-21-25/h1-9,11-12H,10,13-14H2,(H,22,27). The van der Waals surface area contributed by atoms with Gasteiger partial charge in [-0.15, -0.1) is 5.10 Å². The van der Waals surface area contributed by atoms with Crippen molar-refractivity contribution in [2.24, 2.45) is 0 Å². The molecule has 8 nitrogen and oxygen atoms in total. The van der Waals surface area contributed by atoms with Gasteiger partial charge in [-0.2, -0.15) is 5.10 Å². The SMILES string of the molecule is O=C(CCn1nnc2ccccc2c1=O)Nc1ccccc1Cn1cccn1. The molecule has 2 aromatic heterocycles. The van der Waals surface area contributed by atoms with Gasteiger partial charge < -0.3 is 5.32 Å². The highest BCUT2D eigenvalue weighted by molar-refractivity contribution is 5.91. The van der Waals surface area contributed by atoms with Gasteiger partial charge in [0.1, 0.15) is 5.52 Å². The van der Waals surface area contributed by atoms with Gasteiger partial charge in [0.25, 0.3) is 5.56 Å². The van der Waals surface area contributed by atoms with Crippen molar-refractivity contribution in [3.63, 3.8) is 0 Å². The highest BCUT2D eigenvalue weighted by Gasteiger charge is 2.10. The molecule has 0 atom stereocenters. The van der Waals surface area contributed by atoms with Crippen LogP contribution in [0.1, 0.15) is 12.0 Å². The average Bonchev–Trinajstić information content (AvgIpc) is 3.22. The maximum Gasteiger partial charge on any atom is 0.277 e. The summed E-state index contributed by atoms with van der Waals surface area (Å²) in [6.07, 6.45) is 3.69. The molecule has 2 heterocycles. The van der Waals surface area contributed by atoms with Gasteiger partial charge >= 0.3 is 0 Å². The Morgan fingerprint density at radius 1 is 1.04 bits per heavy atom. The number of aromatic nitrogens is 5. The molecule has 4 aromatic rings. The third-order valence-corrected chi connectivity index (χ3v) is 4.36. The molecule has 8 heteroatoms. The van der Waals surface area contributed by atoms with Crippen LogP contribution in [0.4, 0.5) is 5.69 Å². The molecule has 1 N–H and O–H groups in total. The quantitative estimate of drug-likeness (QED) is 0.557. The highest BCUT2D eigenvalue weighted by atomic mass is 16.2. The zero-order chi connectivity index (χ0) is 19.3. The molecule has 1 amide bonds. The van der Waals surface area contributed by atoms with Gasteiger partial charge in [-0.1, -0.05) is 35.5 Å². The number of aryl methyl sites for hydroxylation is 1. The molecule has 140 valence electrons. The summed E-state index contributed by atoms with van der Waals surface area (Å²) in [4.78, 5) is 24.9. The van der Waals surface area contributed by atoms with E-state index >= 15 is 0 Å². The second-order valence-electron chi connectivity index (χ2n) is 6.29. The lowest BCUT2D eigenvalue weighted by Gasteiger charge is -2.11. The fourth-order valence-corrected chi connectivity index (χ4v) is 2.94. The molecule has 28 heavy (non-hydrogen) atoms. The number of hydrogen-bond donors (Lipinski definition) is 1. The molecule has 0 saturated carbocycles. The Bertz CT molecular complexity index is 1170. The van der Waals surface area contributed by atoms with E-state index in [-0.39, 0.29) is 24.4 Å². The van der Waals surface area contributed by atoms with Crippen molar-refractivity contribution >= 4 is 22.5 Å². The summed E-state index contributed by atoms with van der Waals surface area (Å²) in [7, 11) is 0. The number of benzene rings is 2. The molecule has 0 unspecified atom stereocenters. The lowest BCUT2D eigenvalue weighted by molar-refractivity contribution is -0.116. The summed E-state index contributed by atoms with van der Waals surface area (Å²) in [6, 6.07) is 16.4. The van der Waals surface area contributed by atoms with E-state index in [0.717, 1.165) is 11.3 Å². The normalized spacial score (nSPS) is 10.9. The monoisotopic (exact) mass is 374 g/mol. The number of fused-ring (bicyclic) bond motifs is 1. The van der Waals surface area contributed by atoms with Crippen molar-refractivity contribution in [3.05, 3.63) is 82.9 Å². The number of para-hydroxylation sites is 1. The van der Waals surface area contributed by atoms with E-state index in [2.05, 4.69) is 20.7 Å². The Labute approximate surface area is 160 Å². The molecule has 0 bridgehead atoms. The van der Waals surface area contributed by atoms with Gasteiger partial charge in [0.2, 0.25) is 5.91 Å². The van der Waals surface area contributed by atoms with E-state index in [1.807, 2.05) is 36.5 Å². The Morgan fingerprint density at radius 2 is 1.86 bits per heavy atom. The van der Waals surface area contributed by atoms with Crippen molar-refractivity contribution < 1.29 is 4.79 Å². The van der Waals surface area contributed by atoms with Gasteiger partial charge in [0, 0.05) is 24.5 Å². The zero-order valence-corrected chi connectivity index (χ0v) is 15.0. The molecule has 0 aliphatic heterocycles. The largest absolute Gasteiger partial charge is 0.326 e. The number of nitrogens with zero attached hydrogens (tertiary/aromatic N) is 5. The van der Waals surface area contributed by atoms with E-state index in [4.69, 9.17) is 0 Å². The first-order chi connectivity index (χ1) is 13.7. The summed E-state index contributed by atoms with van der Waals surface area (Å²) < 4.78 is 3.01. The van der Waals surface area contributed by atoms with Crippen LogP contribution in [0, 0.1) is 0 Å². The smallest absolute Gasteiger partial charge is 0.277 e. The van der Waals surface area contributed by atoms with Crippen LogP contribution in [-0.4, -0.2) is 30.7 Å². The Morgan fingerprint density at radius 3 is 2.71 bits per heavy atom. The van der Waals surface area contributed by atoms with Crippen molar-refractivity contribution in [2.75, 3.05) is 5.32 Å². The summed E-state index contributed by atoms with van der Waals surface area (Å²) in [6.45, 7) is 0.711. The van der Waals surface area contributed by atoms with E-state index in [0.29, 0.717) is 17.4 Å². The maximum atomic E-state index is 12.5. The number of rotatable bonds is 6. The third-order valence-electron chi connectivity index (χ3n) is 4.36. The molecular formula is C20H18N6O2. The first kappa shape index (κ1) is 17.6. The molecule has 4 rings (SSSR count). The van der Waals surface area contributed by atoms with E-state index < -0.39 is 0 Å². The van der Waals surface area contributed by atoms with Crippen LogP contribution in [0.5, 0.6) is 0 Å². The molecule has 0 fully saturated rings. The fraction of sp³-hybridized carbons (Fsp3) is 0.150. The fourth-order valence-electron chi connectivity index (χ4n) is 2.94. The van der Waals surface area contributed by atoms with Crippen molar-refractivity contribution in [1.29, 1.82) is 0 Å². The highest BCUT2D eigenvalue weighted by Crippen LogP contribution is 2.16. The summed E-state index contributed by atoms with van der Waals surface area (Å²) in [5.41, 5.74) is 1.96. The average molecular weight is 374 g/mol. The first-order valence-corrected chi connectivity index (χ1v) is 8.88. The van der Waals surface area contributed by atoms with Crippen LogP contribution < -0.4 is 10.9 Å². The minimum atomic E-state index is -0.252. The van der Waals surface area contributed by atoms with Crippen molar-refractivity contribution in [3.8, 4) is 0 Å². The van der Waals surface area contributed by atoms with Crippen LogP contribution in [-0.2, 0) is 17.9 Å². The number of carbonyl (C=O) groups is 1. The Balaban J connectivity index is 1.44. The zero-order valence-electron chi connectivity index (χ0n) is 15.0. The van der Waals surface area contributed by atoms with E-state index in [9.17, 15) is 9.59 Å². The third kappa shape index (κ3) is 3.80. The number of anilines is 1. The van der Waals surface area contributed by atoms with Crippen LogP contribution in [0.3, 0.4) is 0 Å². The summed E-state index contributed by atoms with van der Waals surface area (Å²) in [5.74, 6) is -0.199. The van der Waals surface area contributed by atoms with E-state index in [1.54, 1.807) is 35.1 Å². The number of hydrogen-bond acceptors (Lipinski definition) is 5. The van der Waals surface area contributed by atoms with Crippen LogP contribution >= 0.6 is 0 Å². The van der Waals surface area contributed by atoms with Crippen LogP contribution in [0.2, 0.25) is 0 Å². The van der Waals surface area contributed by atoms with E-state index in [1.165, 1.54) is 4.68 Å². The predicted molar refractivity (Wildman–Crippen MR) is 105 cm³/mol. The van der Waals surface area contributed by atoms with Crippen molar-refractivity contribution in [1.82, 2.24) is 24.8 Å². The van der Waals surface area contributed by atoms with Gasteiger partial charge in [0.05, 0.1) is 18.5 Å². The number of amides is 1. The molecule has 0 spiro atoms. The second-order valence-corrected chi connectivity index (χ2v) is 6.29. The molecular weight excluding hydrogens is 356 g/mol. The summed E-state index contributed by atoms with van der Waals surface area (Å²) >= 11 is 0.